The van der Waals surface area contributed by atoms with Gasteiger partial charge in [0.15, 0.2) is 0 Å². The third-order valence-electron chi connectivity index (χ3n) is 2.21. The second kappa shape index (κ2) is 6.43. The number of nitrogens with zero attached hydrogens (tertiary/aromatic N) is 1. The average Bonchev–Trinajstić information content (AvgIpc) is 2.35. The summed E-state index contributed by atoms with van der Waals surface area (Å²) in [7, 11) is 0. The van der Waals surface area contributed by atoms with Crippen LogP contribution in [0.5, 0.6) is 0 Å². The van der Waals surface area contributed by atoms with Crippen LogP contribution in [0.2, 0.25) is 0 Å². The molecule has 1 unspecified atom stereocenters. The van der Waals surface area contributed by atoms with Gasteiger partial charge in [0.05, 0.1) is 11.5 Å². The van der Waals surface area contributed by atoms with Gasteiger partial charge >= 0.3 is 0 Å². The van der Waals surface area contributed by atoms with Gasteiger partial charge in [-0.3, -0.25) is 16.0 Å². The molecular weight excluding hydrogens is 242 g/mol. The molecule has 0 spiro atoms. The quantitative estimate of drug-likeness (QED) is 0.405. The van der Waals surface area contributed by atoms with E-state index in [1.807, 2.05) is 6.92 Å². The van der Waals surface area contributed by atoms with E-state index >= 15 is 0 Å². The molecule has 0 bridgehead atoms. The van der Waals surface area contributed by atoms with E-state index in [0.29, 0.717) is 11.4 Å². The summed E-state index contributed by atoms with van der Waals surface area (Å²) >= 11 is 1.54. The Labute approximate surface area is 103 Å². The third-order valence-corrected chi connectivity index (χ3v) is 3.42. The lowest BCUT2D eigenvalue weighted by atomic mass is 10.2. The van der Waals surface area contributed by atoms with Crippen molar-refractivity contribution in [2.75, 3.05) is 12.0 Å². The van der Waals surface area contributed by atoms with Crippen molar-refractivity contribution in [2.24, 2.45) is 5.84 Å². The molecule has 0 heterocycles. The fourth-order valence-corrected chi connectivity index (χ4v) is 1.99. The van der Waals surface area contributed by atoms with Crippen molar-refractivity contribution in [1.82, 2.24) is 0 Å². The molecule has 0 fully saturated rings. The van der Waals surface area contributed by atoms with Gasteiger partial charge in [0.1, 0.15) is 5.69 Å². The molecule has 1 aromatic rings. The number of thioether (sulfide) groups is 1. The predicted molar refractivity (Wildman–Crippen MR) is 68.7 cm³/mol. The number of aliphatic hydroxyl groups is 1. The van der Waals surface area contributed by atoms with Gasteiger partial charge in [0.2, 0.25) is 0 Å². The standard InChI is InChI=1S/C10H15N3O3S/c1-7(5-14)17-6-8-2-3-9(12-11)10(4-8)13(15)16/h2-4,7,12,14H,5-6,11H2,1H3. The third kappa shape index (κ3) is 3.88. The van der Waals surface area contributed by atoms with Gasteiger partial charge in [-0.05, 0) is 11.6 Å². The molecule has 0 aromatic heterocycles. The Morgan fingerprint density at radius 3 is 2.88 bits per heavy atom. The fourth-order valence-electron chi connectivity index (χ4n) is 1.23. The minimum absolute atomic E-state index is 0.0396. The molecule has 0 radical (unpaired) electrons. The van der Waals surface area contributed by atoms with Crippen LogP contribution >= 0.6 is 11.8 Å². The molecular formula is C10H15N3O3S. The van der Waals surface area contributed by atoms with Crippen LogP contribution in [0.1, 0.15) is 12.5 Å². The Bertz CT molecular complexity index is 400. The van der Waals surface area contributed by atoms with Crippen LogP contribution in [-0.4, -0.2) is 21.9 Å². The molecule has 94 valence electrons. The van der Waals surface area contributed by atoms with Crippen molar-refractivity contribution in [3.05, 3.63) is 33.9 Å². The molecule has 7 heteroatoms. The van der Waals surface area contributed by atoms with Crippen molar-refractivity contribution in [1.29, 1.82) is 0 Å². The number of anilines is 1. The first kappa shape index (κ1) is 13.8. The summed E-state index contributed by atoms with van der Waals surface area (Å²) in [6.45, 7) is 1.99. The van der Waals surface area contributed by atoms with Crippen molar-refractivity contribution in [3.63, 3.8) is 0 Å². The van der Waals surface area contributed by atoms with Crippen molar-refractivity contribution >= 4 is 23.1 Å². The summed E-state index contributed by atoms with van der Waals surface area (Å²) in [6, 6.07) is 4.85. The van der Waals surface area contributed by atoms with Gasteiger partial charge in [-0.1, -0.05) is 13.0 Å². The van der Waals surface area contributed by atoms with Gasteiger partial charge in [-0.2, -0.15) is 11.8 Å². The number of aliphatic hydroxyl groups excluding tert-OH is 1. The van der Waals surface area contributed by atoms with E-state index < -0.39 is 4.92 Å². The zero-order valence-electron chi connectivity index (χ0n) is 9.42. The van der Waals surface area contributed by atoms with Crippen LogP contribution in [0.3, 0.4) is 0 Å². The fraction of sp³-hybridized carbons (Fsp3) is 0.400. The Morgan fingerprint density at radius 1 is 1.65 bits per heavy atom. The summed E-state index contributed by atoms with van der Waals surface area (Å²) in [5.74, 6) is 5.81. The predicted octanol–water partition coefficient (Wildman–Crippen LogP) is 1.49. The molecule has 0 aliphatic rings. The molecule has 0 saturated carbocycles. The molecule has 4 N–H and O–H groups in total. The maximum atomic E-state index is 10.8. The van der Waals surface area contributed by atoms with E-state index in [-0.39, 0.29) is 17.5 Å². The van der Waals surface area contributed by atoms with Crippen LogP contribution in [0.15, 0.2) is 18.2 Å². The smallest absolute Gasteiger partial charge is 0.293 e. The minimum atomic E-state index is -0.473. The maximum Gasteiger partial charge on any atom is 0.293 e. The topological polar surface area (TPSA) is 101 Å². The van der Waals surface area contributed by atoms with Gasteiger partial charge in [0, 0.05) is 17.1 Å². The number of hydrogen-bond donors (Lipinski definition) is 3. The molecule has 6 nitrogen and oxygen atoms in total. The summed E-state index contributed by atoms with van der Waals surface area (Å²) in [5.41, 5.74) is 3.38. The Balaban J connectivity index is 2.81. The second-order valence-corrected chi connectivity index (χ2v) is 4.98. The number of benzene rings is 1. The van der Waals surface area contributed by atoms with E-state index in [1.54, 1.807) is 12.1 Å². The van der Waals surface area contributed by atoms with Gasteiger partial charge in [-0.25, -0.2) is 0 Å². The molecule has 0 aliphatic heterocycles. The Hall–Kier alpha value is -1.31. The zero-order chi connectivity index (χ0) is 12.8. The van der Waals surface area contributed by atoms with Crippen molar-refractivity contribution in [3.8, 4) is 0 Å². The first-order valence-electron chi connectivity index (χ1n) is 5.05. The Kier molecular flexibility index (Phi) is 5.20. The summed E-state index contributed by atoms with van der Waals surface area (Å²) in [6.07, 6.45) is 0. The number of hydrogen-bond acceptors (Lipinski definition) is 6. The summed E-state index contributed by atoms with van der Waals surface area (Å²) < 4.78 is 0. The van der Waals surface area contributed by atoms with Crippen LogP contribution in [-0.2, 0) is 5.75 Å². The second-order valence-electron chi connectivity index (χ2n) is 3.56. The number of nitro benzene ring substituents is 1. The largest absolute Gasteiger partial charge is 0.395 e. The maximum absolute atomic E-state index is 10.8. The average molecular weight is 257 g/mol. The van der Waals surface area contributed by atoms with Gasteiger partial charge in [-0.15, -0.1) is 0 Å². The first-order chi connectivity index (χ1) is 8.08. The monoisotopic (exact) mass is 257 g/mol. The Morgan fingerprint density at radius 2 is 2.35 bits per heavy atom. The first-order valence-corrected chi connectivity index (χ1v) is 6.09. The highest BCUT2D eigenvalue weighted by Crippen LogP contribution is 2.27. The normalized spacial score (nSPS) is 12.2. The van der Waals surface area contributed by atoms with E-state index in [9.17, 15) is 10.1 Å². The molecule has 0 aliphatic carbocycles. The lowest BCUT2D eigenvalue weighted by Crippen LogP contribution is -2.09. The highest BCUT2D eigenvalue weighted by molar-refractivity contribution is 7.99. The van der Waals surface area contributed by atoms with E-state index in [2.05, 4.69) is 5.43 Å². The number of hydrazine groups is 1. The van der Waals surface area contributed by atoms with E-state index in [4.69, 9.17) is 10.9 Å². The van der Waals surface area contributed by atoms with Gasteiger partial charge in [0.25, 0.3) is 5.69 Å². The van der Waals surface area contributed by atoms with Crippen molar-refractivity contribution in [2.45, 2.75) is 17.9 Å². The number of nitro groups is 1. The SMILES string of the molecule is CC(CO)SCc1ccc(NN)c([N+](=O)[O-])c1. The molecule has 1 rings (SSSR count). The number of nitrogens with one attached hydrogen (secondary N) is 1. The minimum Gasteiger partial charge on any atom is -0.395 e. The molecule has 17 heavy (non-hydrogen) atoms. The highest BCUT2D eigenvalue weighted by atomic mass is 32.2. The zero-order valence-corrected chi connectivity index (χ0v) is 10.2. The van der Waals surface area contributed by atoms with Crippen LogP contribution in [0.25, 0.3) is 0 Å². The number of nitrogens with two attached hydrogens (primary N) is 1. The molecule has 0 saturated heterocycles. The van der Waals surface area contributed by atoms with E-state index in [0.717, 1.165) is 5.56 Å². The van der Waals surface area contributed by atoms with Crippen LogP contribution in [0, 0.1) is 10.1 Å². The molecule has 0 amide bonds. The van der Waals surface area contributed by atoms with E-state index in [1.165, 1.54) is 17.8 Å². The van der Waals surface area contributed by atoms with Gasteiger partial charge < -0.3 is 10.5 Å². The molecule has 1 atom stereocenters. The van der Waals surface area contributed by atoms with Crippen molar-refractivity contribution < 1.29 is 10.0 Å². The summed E-state index contributed by atoms with van der Waals surface area (Å²) in [4.78, 5) is 10.3. The highest BCUT2D eigenvalue weighted by Gasteiger charge is 2.14. The van der Waals surface area contributed by atoms with Crippen LogP contribution in [0.4, 0.5) is 11.4 Å². The molecule has 1 aromatic carbocycles. The lowest BCUT2D eigenvalue weighted by Gasteiger charge is -2.08. The number of nitrogen functional groups attached to an aromatic ring is 1. The lowest BCUT2D eigenvalue weighted by molar-refractivity contribution is -0.384. The summed E-state index contributed by atoms with van der Waals surface area (Å²) in [5, 5.41) is 19.8. The van der Waals surface area contributed by atoms with Crippen LogP contribution < -0.4 is 11.3 Å². The number of rotatable bonds is 6.